The summed E-state index contributed by atoms with van der Waals surface area (Å²) in [7, 11) is 0. The molecule has 2 heteroatoms. The van der Waals surface area contributed by atoms with E-state index in [1.165, 1.54) is 44.9 Å². The lowest BCUT2D eigenvalue weighted by Crippen LogP contribution is -2.33. The van der Waals surface area contributed by atoms with E-state index in [1.807, 2.05) is 0 Å². The molecular formula is C12H18OS. The molecule has 0 spiro atoms. The largest absolute Gasteiger partial charge is 0.299 e. The van der Waals surface area contributed by atoms with Crippen LogP contribution in [0, 0.1) is 11.8 Å². The number of carbonyl (C=O) groups is 1. The van der Waals surface area contributed by atoms with E-state index in [0.717, 1.165) is 10.5 Å². The molecule has 0 aromatic carbocycles. The van der Waals surface area contributed by atoms with E-state index in [1.54, 1.807) is 0 Å². The Labute approximate surface area is 90.0 Å². The lowest BCUT2D eigenvalue weighted by atomic mass is 9.85. The summed E-state index contributed by atoms with van der Waals surface area (Å²) in [4.78, 5) is 12.0. The van der Waals surface area contributed by atoms with Gasteiger partial charge in [0.15, 0.2) is 0 Å². The smallest absolute Gasteiger partial charge is 0.139 e. The Balaban J connectivity index is 1.66. The number of ketones is 1. The van der Waals surface area contributed by atoms with Gasteiger partial charge in [-0.3, -0.25) is 4.79 Å². The Morgan fingerprint density at radius 3 is 2.14 bits per heavy atom. The molecule has 2 aliphatic heterocycles. The molecule has 3 rings (SSSR count). The maximum Gasteiger partial charge on any atom is 0.139 e. The highest BCUT2D eigenvalue weighted by molar-refractivity contribution is 8.00. The number of hydrogen-bond acceptors (Lipinski definition) is 2. The van der Waals surface area contributed by atoms with Gasteiger partial charge in [-0.15, -0.1) is 0 Å². The van der Waals surface area contributed by atoms with Gasteiger partial charge in [0, 0.05) is 22.3 Å². The molecule has 3 fully saturated rings. The molecule has 0 aromatic rings. The normalized spacial score (nSPS) is 42.1. The summed E-state index contributed by atoms with van der Waals surface area (Å²) in [5.41, 5.74) is 0. The predicted molar refractivity (Wildman–Crippen MR) is 59.5 cm³/mol. The van der Waals surface area contributed by atoms with Crippen molar-refractivity contribution in [2.75, 3.05) is 0 Å². The molecule has 0 N–H and O–H groups in total. The first kappa shape index (κ1) is 9.26. The Kier molecular flexibility index (Phi) is 2.35. The number of Topliss-reactive ketones (excluding diaryl/α,β-unsaturated/α-hetero) is 1. The molecule has 78 valence electrons. The second-order valence-electron chi connectivity index (χ2n) is 5.16. The summed E-state index contributed by atoms with van der Waals surface area (Å²) in [5, 5.41) is 1.66. The standard InChI is InChI=1S/C12H18OS/c13-12(8-4-5-8)9-6-10-2-1-3-11(7-9)14-10/h8-11H,1-7H2. The zero-order valence-corrected chi connectivity index (χ0v) is 9.39. The summed E-state index contributed by atoms with van der Waals surface area (Å²) in [6, 6.07) is 0. The first-order chi connectivity index (χ1) is 6.83. The van der Waals surface area contributed by atoms with Gasteiger partial charge in [-0.2, -0.15) is 11.8 Å². The van der Waals surface area contributed by atoms with Crippen molar-refractivity contribution < 1.29 is 4.79 Å². The Morgan fingerprint density at radius 2 is 1.57 bits per heavy atom. The second-order valence-corrected chi connectivity index (χ2v) is 6.76. The van der Waals surface area contributed by atoms with Crippen molar-refractivity contribution in [3.05, 3.63) is 0 Å². The van der Waals surface area contributed by atoms with Crippen molar-refractivity contribution in [1.82, 2.24) is 0 Å². The third kappa shape index (κ3) is 1.73. The van der Waals surface area contributed by atoms with Crippen LogP contribution < -0.4 is 0 Å². The highest BCUT2D eigenvalue weighted by Gasteiger charge is 2.40. The van der Waals surface area contributed by atoms with E-state index in [-0.39, 0.29) is 0 Å². The van der Waals surface area contributed by atoms with Gasteiger partial charge in [0.2, 0.25) is 0 Å². The second kappa shape index (κ2) is 3.55. The summed E-state index contributed by atoms with van der Waals surface area (Å²) in [6.07, 6.45) is 8.94. The van der Waals surface area contributed by atoms with Crippen LogP contribution in [0.3, 0.4) is 0 Å². The Hall–Kier alpha value is 0.0200. The average molecular weight is 210 g/mol. The maximum absolute atomic E-state index is 12.0. The summed E-state index contributed by atoms with van der Waals surface area (Å²) in [6.45, 7) is 0. The van der Waals surface area contributed by atoms with Crippen LogP contribution in [0.15, 0.2) is 0 Å². The van der Waals surface area contributed by atoms with Crippen molar-refractivity contribution >= 4 is 17.5 Å². The molecule has 1 nitrogen and oxygen atoms in total. The van der Waals surface area contributed by atoms with Crippen LogP contribution in [0.25, 0.3) is 0 Å². The minimum absolute atomic E-state index is 0.457. The van der Waals surface area contributed by atoms with E-state index in [4.69, 9.17) is 0 Å². The van der Waals surface area contributed by atoms with Gasteiger partial charge in [-0.1, -0.05) is 6.42 Å². The van der Waals surface area contributed by atoms with Crippen molar-refractivity contribution in [3.63, 3.8) is 0 Å². The third-order valence-electron chi connectivity index (χ3n) is 3.91. The lowest BCUT2D eigenvalue weighted by molar-refractivity contribution is -0.124. The van der Waals surface area contributed by atoms with Crippen LogP contribution >= 0.6 is 11.8 Å². The monoisotopic (exact) mass is 210 g/mol. The minimum Gasteiger partial charge on any atom is -0.299 e. The van der Waals surface area contributed by atoms with Crippen molar-refractivity contribution in [1.29, 1.82) is 0 Å². The fourth-order valence-corrected chi connectivity index (χ4v) is 4.83. The summed E-state index contributed by atoms with van der Waals surface area (Å²) in [5.74, 6) is 1.57. The van der Waals surface area contributed by atoms with Gasteiger partial charge in [-0.25, -0.2) is 0 Å². The molecule has 2 unspecified atom stereocenters. The van der Waals surface area contributed by atoms with Gasteiger partial charge in [0.25, 0.3) is 0 Å². The average Bonchev–Trinajstić information content (AvgIpc) is 2.99. The number of carbonyl (C=O) groups excluding carboxylic acids is 1. The van der Waals surface area contributed by atoms with Crippen LogP contribution in [0.4, 0.5) is 0 Å². The number of hydrogen-bond donors (Lipinski definition) is 0. The zero-order valence-electron chi connectivity index (χ0n) is 8.58. The van der Waals surface area contributed by atoms with Crippen molar-refractivity contribution in [2.24, 2.45) is 11.8 Å². The van der Waals surface area contributed by atoms with Crippen LogP contribution in [0.2, 0.25) is 0 Å². The molecule has 1 saturated carbocycles. The third-order valence-corrected chi connectivity index (χ3v) is 5.54. The van der Waals surface area contributed by atoms with Gasteiger partial charge in [0.1, 0.15) is 5.78 Å². The van der Waals surface area contributed by atoms with Crippen LogP contribution in [-0.4, -0.2) is 16.3 Å². The zero-order chi connectivity index (χ0) is 9.54. The van der Waals surface area contributed by atoms with Crippen LogP contribution in [0.1, 0.15) is 44.9 Å². The fraction of sp³-hybridized carbons (Fsp3) is 0.917. The minimum atomic E-state index is 0.457. The quantitative estimate of drug-likeness (QED) is 0.697. The molecular weight excluding hydrogens is 192 g/mol. The molecule has 2 bridgehead atoms. The highest BCUT2D eigenvalue weighted by atomic mass is 32.2. The summed E-state index contributed by atoms with van der Waals surface area (Å²) < 4.78 is 0. The number of thioether (sulfide) groups is 1. The van der Waals surface area contributed by atoms with Gasteiger partial charge < -0.3 is 0 Å². The molecule has 1 aliphatic carbocycles. The molecule has 0 aromatic heterocycles. The summed E-state index contributed by atoms with van der Waals surface area (Å²) >= 11 is 2.17. The first-order valence-corrected chi connectivity index (χ1v) is 6.96. The van der Waals surface area contributed by atoms with Crippen LogP contribution in [0.5, 0.6) is 0 Å². The SMILES string of the molecule is O=C(C1CC1)C1CC2CCCC(C1)S2. The van der Waals surface area contributed by atoms with E-state index in [0.29, 0.717) is 17.6 Å². The number of rotatable bonds is 2. The Bertz CT molecular complexity index is 235. The topological polar surface area (TPSA) is 17.1 Å². The molecule has 2 heterocycles. The van der Waals surface area contributed by atoms with E-state index < -0.39 is 0 Å². The highest BCUT2D eigenvalue weighted by Crippen LogP contribution is 2.46. The van der Waals surface area contributed by atoms with E-state index in [9.17, 15) is 4.79 Å². The lowest BCUT2D eigenvalue weighted by Gasteiger charge is -2.38. The van der Waals surface area contributed by atoms with Gasteiger partial charge in [0.05, 0.1) is 0 Å². The molecule has 14 heavy (non-hydrogen) atoms. The molecule has 0 radical (unpaired) electrons. The predicted octanol–water partition coefficient (Wildman–Crippen LogP) is 3.03. The maximum atomic E-state index is 12.0. The van der Waals surface area contributed by atoms with E-state index in [2.05, 4.69) is 11.8 Å². The molecule has 2 atom stereocenters. The van der Waals surface area contributed by atoms with Gasteiger partial charge in [-0.05, 0) is 38.5 Å². The Morgan fingerprint density at radius 1 is 0.929 bits per heavy atom. The molecule has 0 amide bonds. The fourth-order valence-electron chi connectivity index (χ4n) is 2.99. The van der Waals surface area contributed by atoms with Crippen molar-refractivity contribution in [3.8, 4) is 0 Å². The number of fused-ring (bicyclic) bond motifs is 2. The van der Waals surface area contributed by atoms with E-state index >= 15 is 0 Å². The van der Waals surface area contributed by atoms with Gasteiger partial charge >= 0.3 is 0 Å². The van der Waals surface area contributed by atoms with Crippen LogP contribution in [-0.2, 0) is 4.79 Å². The first-order valence-electron chi connectivity index (χ1n) is 6.02. The molecule has 2 saturated heterocycles. The van der Waals surface area contributed by atoms with Crippen molar-refractivity contribution in [2.45, 2.75) is 55.4 Å². The molecule has 3 aliphatic rings.